The lowest BCUT2D eigenvalue weighted by Gasteiger charge is -2.36. The first-order valence-electron chi connectivity index (χ1n) is 11.7. The molecule has 2 fully saturated rings. The highest BCUT2D eigenvalue weighted by Gasteiger charge is 2.42. The average Bonchev–Trinajstić information content (AvgIpc) is 2.81. The number of amides is 2. The van der Waals surface area contributed by atoms with Crippen LogP contribution in [0, 0.1) is 11.8 Å². The first-order chi connectivity index (χ1) is 17.0. The third kappa shape index (κ3) is 7.99. The fourth-order valence-electron chi connectivity index (χ4n) is 4.52. The summed E-state index contributed by atoms with van der Waals surface area (Å²) in [6.07, 6.45) is -13.6. The first kappa shape index (κ1) is 29.1. The maximum Gasteiger partial charge on any atom is 0.416 e. The van der Waals surface area contributed by atoms with Crippen LogP contribution in [-0.2, 0) is 17.1 Å². The maximum absolute atomic E-state index is 13.0. The van der Waals surface area contributed by atoms with E-state index < -0.39 is 47.0 Å². The quantitative estimate of drug-likeness (QED) is 0.530. The van der Waals surface area contributed by atoms with Crippen LogP contribution < -0.4 is 5.32 Å². The van der Waals surface area contributed by atoms with E-state index in [0.29, 0.717) is 38.1 Å². The van der Waals surface area contributed by atoms with E-state index in [2.05, 4.69) is 5.32 Å². The lowest BCUT2D eigenvalue weighted by atomic mass is 9.95. The Morgan fingerprint density at radius 2 is 1.30 bits per heavy atom. The van der Waals surface area contributed by atoms with E-state index in [1.807, 2.05) is 4.90 Å². The highest BCUT2D eigenvalue weighted by atomic mass is 19.4. The Balaban J connectivity index is 1.47. The van der Waals surface area contributed by atoms with Crippen molar-refractivity contribution in [1.82, 2.24) is 15.1 Å². The van der Waals surface area contributed by atoms with Crippen LogP contribution in [0.15, 0.2) is 18.2 Å². The zero-order valence-electron chi connectivity index (χ0n) is 19.6. The molecule has 2 heterocycles. The Hall–Kier alpha value is -2.51. The minimum absolute atomic E-state index is 0.0309. The summed E-state index contributed by atoms with van der Waals surface area (Å²) in [4.78, 5) is 28.0. The summed E-state index contributed by atoms with van der Waals surface area (Å²) in [7, 11) is 0. The molecule has 0 saturated carbocycles. The second kappa shape index (κ2) is 11.1. The third-order valence-corrected chi connectivity index (χ3v) is 6.78. The molecule has 0 aliphatic carbocycles. The average molecular weight is 547 g/mol. The number of hydrogen-bond acceptors (Lipinski definition) is 3. The van der Waals surface area contributed by atoms with Gasteiger partial charge in [-0.25, -0.2) is 0 Å². The molecule has 37 heavy (non-hydrogen) atoms. The number of piperidine rings is 2. The first-order valence-corrected chi connectivity index (χ1v) is 11.7. The van der Waals surface area contributed by atoms with E-state index in [4.69, 9.17) is 0 Å². The zero-order valence-corrected chi connectivity index (χ0v) is 19.6. The normalized spacial score (nSPS) is 19.2. The van der Waals surface area contributed by atoms with Crippen molar-refractivity contribution in [3.63, 3.8) is 0 Å². The number of benzene rings is 1. The Bertz CT molecular complexity index is 927. The molecule has 5 nitrogen and oxygen atoms in total. The van der Waals surface area contributed by atoms with Crippen LogP contribution >= 0.6 is 0 Å². The van der Waals surface area contributed by atoms with E-state index in [0.717, 1.165) is 0 Å². The SMILES string of the molecule is O=C(NCC1CCN(CC(=O)N2CCC(C(F)(F)F)CC2)CC1)c1cc(C(F)(F)F)cc(C(F)(F)F)c1. The second-order valence-electron chi connectivity index (χ2n) is 9.42. The maximum atomic E-state index is 13.0. The molecule has 0 radical (unpaired) electrons. The number of hydrogen-bond donors (Lipinski definition) is 1. The van der Waals surface area contributed by atoms with Gasteiger partial charge in [-0.3, -0.25) is 14.5 Å². The number of carbonyl (C=O) groups excluding carboxylic acids is 2. The van der Waals surface area contributed by atoms with Gasteiger partial charge in [-0.15, -0.1) is 0 Å². The van der Waals surface area contributed by atoms with Gasteiger partial charge in [0.15, 0.2) is 0 Å². The molecule has 1 aromatic rings. The second-order valence-corrected chi connectivity index (χ2v) is 9.42. The van der Waals surface area contributed by atoms with Crippen LogP contribution in [0.4, 0.5) is 39.5 Å². The van der Waals surface area contributed by atoms with Gasteiger partial charge >= 0.3 is 18.5 Å². The minimum Gasteiger partial charge on any atom is -0.352 e. The van der Waals surface area contributed by atoms with Crippen molar-refractivity contribution < 1.29 is 49.1 Å². The molecule has 3 rings (SSSR count). The van der Waals surface area contributed by atoms with E-state index >= 15 is 0 Å². The number of nitrogens with zero attached hydrogens (tertiary/aromatic N) is 2. The molecule has 14 heteroatoms. The molecule has 0 unspecified atom stereocenters. The summed E-state index contributed by atoms with van der Waals surface area (Å²) >= 11 is 0. The van der Waals surface area contributed by atoms with Crippen molar-refractivity contribution in [2.45, 2.75) is 44.2 Å². The van der Waals surface area contributed by atoms with Crippen molar-refractivity contribution in [3.8, 4) is 0 Å². The molecule has 0 aromatic heterocycles. The highest BCUT2D eigenvalue weighted by Crippen LogP contribution is 2.36. The minimum atomic E-state index is -5.06. The molecular weight excluding hydrogens is 521 g/mol. The Labute approximate surface area is 207 Å². The fourth-order valence-corrected chi connectivity index (χ4v) is 4.52. The highest BCUT2D eigenvalue weighted by molar-refractivity contribution is 5.94. The van der Waals surface area contributed by atoms with E-state index in [-0.39, 0.29) is 56.9 Å². The molecule has 2 aliphatic rings. The lowest BCUT2D eigenvalue weighted by Crippen LogP contribution is -2.48. The van der Waals surface area contributed by atoms with Gasteiger partial charge in [0.2, 0.25) is 5.91 Å². The molecular formula is C23H26F9N3O2. The number of halogens is 9. The third-order valence-electron chi connectivity index (χ3n) is 6.78. The number of carbonyl (C=O) groups is 2. The molecule has 2 saturated heterocycles. The molecule has 0 atom stereocenters. The lowest BCUT2D eigenvalue weighted by molar-refractivity contribution is -0.186. The standard InChI is InChI=1S/C23H26F9N3O2/c24-21(25,26)16-3-7-35(8-4-16)19(36)13-34-5-1-14(2-6-34)12-33-20(37)15-9-17(22(27,28)29)11-18(10-15)23(30,31)32/h9-11,14,16H,1-8,12-13H2,(H,33,37). The van der Waals surface area contributed by atoms with Gasteiger partial charge in [0.25, 0.3) is 5.91 Å². The summed E-state index contributed by atoms with van der Waals surface area (Å²) < 4.78 is 116. The molecule has 0 bridgehead atoms. The van der Waals surface area contributed by atoms with Gasteiger partial charge in [-0.1, -0.05) is 0 Å². The van der Waals surface area contributed by atoms with Crippen molar-refractivity contribution >= 4 is 11.8 Å². The van der Waals surface area contributed by atoms with Crippen molar-refractivity contribution in [3.05, 3.63) is 34.9 Å². The van der Waals surface area contributed by atoms with Crippen LogP contribution in [0.3, 0.4) is 0 Å². The van der Waals surface area contributed by atoms with Gasteiger partial charge in [0.1, 0.15) is 0 Å². The van der Waals surface area contributed by atoms with Crippen LogP contribution in [0.1, 0.15) is 47.2 Å². The summed E-state index contributed by atoms with van der Waals surface area (Å²) in [5.74, 6) is -2.84. The number of rotatable bonds is 5. The topological polar surface area (TPSA) is 52.7 Å². The molecule has 2 aliphatic heterocycles. The largest absolute Gasteiger partial charge is 0.416 e. The van der Waals surface area contributed by atoms with E-state index in [1.54, 1.807) is 0 Å². The Morgan fingerprint density at radius 1 is 0.784 bits per heavy atom. The molecule has 208 valence electrons. The van der Waals surface area contributed by atoms with Gasteiger partial charge in [-0.2, -0.15) is 39.5 Å². The molecule has 1 N–H and O–H groups in total. The zero-order chi connectivity index (χ0) is 27.6. The molecule has 2 amide bonds. The fraction of sp³-hybridized carbons (Fsp3) is 0.652. The summed E-state index contributed by atoms with van der Waals surface area (Å²) in [6.45, 7) is 1.05. The summed E-state index contributed by atoms with van der Waals surface area (Å²) in [6, 6.07) is 0.693. The van der Waals surface area contributed by atoms with Crippen LogP contribution in [0.25, 0.3) is 0 Å². The smallest absolute Gasteiger partial charge is 0.352 e. The Morgan fingerprint density at radius 3 is 1.76 bits per heavy atom. The monoisotopic (exact) mass is 547 g/mol. The number of nitrogens with one attached hydrogen (secondary N) is 1. The van der Waals surface area contributed by atoms with Crippen LogP contribution in [0.5, 0.6) is 0 Å². The number of likely N-dealkylation sites (tertiary alicyclic amines) is 2. The Kier molecular flexibility index (Phi) is 8.70. The van der Waals surface area contributed by atoms with Gasteiger partial charge < -0.3 is 10.2 Å². The van der Waals surface area contributed by atoms with Gasteiger partial charge in [-0.05, 0) is 62.9 Å². The van der Waals surface area contributed by atoms with Crippen molar-refractivity contribution in [2.24, 2.45) is 11.8 Å². The predicted molar refractivity (Wildman–Crippen MR) is 113 cm³/mol. The van der Waals surface area contributed by atoms with Crippen molar-refractivity contribution in [2.75, 3.05) is 39.3 Å². The summed E-state index contributed by atoms with van der Waals surface area (Å²) in [5.41, 5.74) is -3.90. The van der Waals surface area contributed by atoms with Crippen LogP contribution in [-0.4, -0.2) is 67.1 Å². The summed E-state index contributed by atoms with van der Waals surface area (Å²) in [5, 5.41) is 2.39. The van der Waals surface area contributed by atoms with Crippen molar-refractivity contribution in [1.29, 1.82) is 0 Å². The van der Waals surface area contributed by atoms with Gasteiger partial charge in [0, 0.05) is 25.2 Å². The predicted octanol–water partition coefficient (Wildman–Crippen LogP) is 4.97. The van der Waals surface area contributed by atoms with Crippen LogP contribution in [0.2, 0.25) is 0 Å². The van der Waals surface area contributed by atoms with E-state index in [9.17, 15) is 49.1 Å². The molecule has 1 aromatic carbocycles. The number of alkyl halides is 9. The van der Waals surface area contributed by atoms with E-state index in [1.165, 1.54) is 4.90 Å². The molecule has 0 spiro atoms. The van der Waals surface area contributed by atoms with Gasteiger partial charge in [0.05, 0.1) is 23.6 Å².